The van der Waals surface area contributed by atoms with E-state index in [-0.39, 0.29) is 5.56 Å². The first-order valence-electron chi connectivity index (χ1n) is 3.03. The molecular formula is C5H6BIN2O2. The van der Waals surface area contributed by atoms with E-state index < -0.39 is 7.05 Å². The minimum Gasteiger partial charge on any atom is -0.431 e. The number of nitrogens with zero attached hydrogens (tertiary/aromatic N) is 2. The molecule has 1 aromatic rings. The molecule has 6 heteroatoms. The van der Waals surface area contributed by atoms with Gasteiger partial charge in [0.25, 0.3) is 5.56 Å². The van der Waals surface area contributed by atoms with Crippen molar-refractivity contribution in [1.82, 2.24) is 9.69 Å². The Balaban J connectivity index is 3.21. The Morgan fingerprint density at radius 2 is 2.45 bits per heavy atom. The molecule has 1 heterocycles. The molecule has 0 spiro atoms. The molecule has 1 N–H and O–H groups in total. The van der Waals surface area contributed by atoms with Gasteiger partial charge < -0.3 is 5.02 Å². The van der Waals surface area contributed by atoms with Gasteiger partial charge in [0, 0.05) is 9.64 Å². The van der Waals surface area contributed by atoms with Gasteiger partial charge in [-0.05, 0) is 29.4 Å². The largest absolute Gasteiger partial charge is 0.435 e. The van der Waals surface area contributed by atoms with Gasteiger partial charge in [-0.2, -0.15) is 5.10 Å². The van der Waals surface area contributed by atoms with E-state index in [0.717, 1.165) is 8.16 Å². The molecule has 0 saturated carbocycles. The van der Waals surface area contributed by atoms with Gasteiger partial charge in [0.2, 0.25) is 0 Å². The molecule has 0 aromatic carbocycles. The molecule has 0 fully saturated rings. The fourth-order valence-electron chi connectivity index (χ4n) is 0.676. The molecule has 58 valence electrons. The van der Waals surface area contributed by atoms with Crippen LogP contribution in [0, 0.1) is 3.57 Å². The Bertz CT molecular complexity index is 312. The van der Waals surface area contributed by atoms with Crippen molar-refractivity contribution in [3.63, 3.8) is 0 Å². The van der Waals surface area contributed by atoms with Gasteiger partial charge in [-0.25, -0.2) is 4.59 Å². The number of hydrogen-bond donors (Lipinski definition) is 1. The Morgan fingerprint density at radius 3 is 2.91 bits per heavy atom. The van der Waals surface area contributed by atoms with Crippen molar-refractivity contribution >= 4 is 29.6 Å². The first kappa shape index (κ1) is 8.73. The Labute approximate surface area is 77.5 Å². The van der Waals surface area contributed by atoms with Crippen LogP contribution < -0.4 is 5.56 Å². The summed E-state index contributed by atoms with van der Waals surface area (Å²) in [7, 11) is -0.862. The monoisotopic (exact) mass is 264 g/mol. The third-order valence-corrected chi connectivity index (χ3v) is 1.74. The molecule has 0 unspecified atom stereocenters. The summed E-state index contributed by atoms with van der Waals surface area (Å²) in [6.45, 7) is 1.49. The first-order chi connectivity index (χ1) is 5.11. The van der Waals surface area contributed by atoms with Crippen molar-refractivity contribution in [1.29, 1.82) is 0 Å². The van der Waals surface area contributed by atoms with Gasteiger partial charge in [0.15, 0.2) is 0 Å². The highest BCUT2D eigenvalue weighted by molar-refractivity contribution is 14.1. The molecule has 0 aliphatic rings. The maximum atomic E-state index is 11.0. The van der Waals surface area contributed by atoms with Gasteiger partial charge >= 0.3 is 7.05 Å². The van der Waals surface area contributed by atoms with E-state index in [1.54, 1.807) is 0 Å². The zero-order valence-electron chi connectivity index (χ0n) is 5.86. The predicted molar refractivity (Wildman–Crippen MR) is 50.4 cm³/mol. The van der Waals surface area contributed by atoms with Gasteiger partial charge in [0.05, 0.1) is 6.20 Å². The van der Waals surface area contributed by atoms with Crippen molar-refractivity contribution in [3.8, 4) is 0 Å². The van der Waals surface area contributed by atoms with Crippen LogP contribution in [0.15, 0.2) is 17.1 Å². The molecule has 1 aromatic heterocycles. The topological polar surface area (TPSA) is 55.1 Å². The van der Waals surface area contributed by atoms with Gasteiger partial charge in [-0.3, -0.25) is 4.79 Å². The number of rotatable bonds is 1. The Hall–Kier alpha value is -0.365. The van der Waals surface area contributed by atoms with Crippen molar-refractivity contribution in [2.75, 3.05) is 0 Å². The SMILES string of the molecule is CB(O)n1ncc(I)cc1=O. The molecule has 0 amide bonds. The van der Waals surface area contributed by atoms with Crippen LogP contribution in [0.1, 0.15) is 0 Å². The molecule has 4 nitrogen and oxygen atoms in total. The fourth-order valence-corrected chi connectivity index (χ4v) is 1.07. The third-order valence-electron chi connectivity index (χ3n) is 1.15. The highest BCUT2D eigenvalue weighted by atomic mass is 127. The van der Waals surface area contributed by atoms with E-state index in [4.69, 9.17) is 5.02 Å². The van der Waals surface area contributed by atoms with Crippen LogP contribution in [0.2, 0.25) is 6.82 Å². The zero-order valence-corrected chi connectivity index (χ0v) is 8.02. The first-order valence-corrected chi connectivity index (χ1v) is 4.11. The summed E-state index contributed by atoms with van der Waals surface area (Å²) < 4.78 is 1.78. The molecule has 11 heavy (non-hydrogen) atoms. The minimum atomic E-state index is -0.862. The molecular weight excluding hydrogens is 258 g/mol. The molecule has 0 aliphatic carbocycles. The van der Waals surface area contributed by atoms with Crippen LogP contribution in [0.4, 0.5) is 0 Å². The summed E-state index contributed by atoms with van der Waals surface area (Å²) in [5, 5.41) is 12.7. The number of halogens is 1. The van der Waals surface area contributed by atoms with Crippen LogP contribution in [0.3, 0.4) is 0 Å². The molecule has 1 rings (SSSR count). The summed E-state index contributed by atoms with van der Waals surface area (Å²) in [4.78, 5) is 11.0. The van der Waals surface area contributed by atoms with E-state index >= 15 is 0 Å². The minimum absolute atomic E-state index is 0.285. The molecule has 0 aliphatic heterocycles. The van der Waals surface area contributed by atoms with Crippen molar-refractivity contribution in [2.24, 2.45) is 0 Å². The van der Waals surface area contributed by atoms with E-state index in [2.05, 4.69) is 5.10 Å². The summed E-state index contributed by atoms with van der Waals surface area (Å²) >= 11 is 1.99. The summed E-state index contributed by atoms with van der Waals surface area (Å²) in [6.07, 6.45) is 1.52. The Kier molecular flexibility index (Phi) is 2.66. The zero-order chi connectivity index (χ0) is 8.43. The van der Waals surface area contributed by atoms with Crippen LogP contribution >= 0.6 is 22.6 Å². The van der Waals surface area contributed by atoms with E-state index in [9.17, 15) is 4.79 Å². The normalized spacial score (nSPS) is 9.73. The maximum absolute atomic E-state index is 11.0. The van der Waals surface area contributed by atoms with Crippen LogP contribution in [0.5, 0.6) is 0 Å². The lowest BCUT2D eigenvalue weighted by molar-refractivity contribution is 0.545. The van der Waals surface area contributed by atoms with Crippen LogP contribution in [0.25, 0.3) is 0 Å². The highest BCUT2D eigenvalue weighted by Crippen LogP contribution is 1.95. The lowest BCUT2D eigenvalue weighted by Crippen LogP contribution is -2.34. The fraction of sp³-hybridized carbons (Fsp3) is 0.200. The molecule has 0 saturated heterocycles. The number of aromatic nitrogens is 2. The smallest absolute Gasteiger partial charge is 0.431 e. The average molecular weight is 264 g/mol. The second kappa shape index (κ2) is 3.35. The van der Waals surface area contributed by atoms with E-state index in [0.29, 0.717) is 0 Å². The van der Waals surface area contributed by atoms with E-state index in [1.807, 2.05) is 22.6 Å². The molecule has 0 radical (unpaired) electrons. The summed E-state index contributed by atoms with van der Waals surface area (Å²) in [5.74, 6) is 0. The van der Waals surface area contributed by atoms with E-state index in [1.165, 1.54) is 19.1 Å². The predicted octanol–water partition coefficient (Wildman–Crippen LogP) is -0.194. The van der Waals surface area contributed by atoms with Crippen LogP contribution in [-0.2, 0) is 0 Å². The molecule has 0 atom stereocenters. The van der Waals surface area contributed by atoms with Gasteiger partial charge in [-0.1, -0.05) is 0 Å². The Morgan fingerprint density at radius 1 is 1.82 bits per heavy atom. The van der Waals surface area contributed by atoms with Crippen molar-refractivity contribution in [3.05, 3.63) is 26.2 Å². The second-order valence-electron chi connectivity index (χ2n) is 2.09. The standard InChI is InChI=1S/C5H6BIN2O2/c1-6(11)9-5(10)2-4(7)3-8-9/h2-3,11H,1H3. The average Bonchev–Trinajstić information content (AvgIpc) is 1.85. The van der Waals surface area contributed by atoms with Gasteiger partial charge in [-0.15, -0.1) is 0 Å². The molecule has 0 bridgehead atoms. The van der Waals surface area contributed by atoms with Crippen LogP contribution in [-0.4, -0.2) is 21.8 Å². The van der Waals surface area contributed by atoms with Crippen molar-refractivity contribution < 1.29 is 5.02 Å². The quantitative estimate of drug-likeness (QED) is 0.564. The highest BCUT2D eigenvalue weighted by Gasteiger charge is 2.08. The maximum Gasteiger partial charge on any atom is 0.435 e. The summed E-state index contributed by atoms with van der Waals surface area (Å²) in [6, 6.07) is 1.42. The lowest BCUT2D eigenvalue weighted by atomic mass is 9.89. The summed E-state index contributed by atoms with van der Waals surface area (Å²) in [5.41, 5.74) is -0.285. The third kappa shape index (κ3) is 2.03. The lowest BCUT2D eigenvalue weighted by Gasteiger charge is -2.01. The second-order valence-corrected chi connectivity index (χ2v) is 3.33. The number of hydrogen-bond acceptors (Lipinski definition) is 3. The van der Waals surface area contributed by atoms with Gasteiger partial charge in [0.1, 0.15) is 0 Å². The van der Waals surface area contributed by atoms with Crippen molar-refractivity contribution in [2.45, 2.75) is 6.82 Å².